The molecule has 1 aromatic rings. The second kappa shape index (κ2) is 9.83. The number of hydrogen-bond donors (Lipinski definition) is 2. The Kier molecular flexibility index (Phi) is 8.37. The Bertz CT molecular complexity index is 346. The summed E-state index contributed by atoms with van der Waals surface area (Å²) in [6.07, 6.45) is 3.26. The molecule has 1 aromatic heterocycles. The summed E-state index contributed by atoms with van der Waals surface area (Å²) in [6, 6.07) is 4.07. The van der Waals surface area contributed by atoms with Gasteiger partial charge in [0, 0.05) is 25.0 Å². The molecule has 0 aliphatic rings. The first kappa shape index (κ1) is 17.0. The highest BCUT2D eigenvalue weighted by atomic mass is 16.5. The molecule has 2 N–H and O–H groups in total. The minimum Gasteiger partial charge on any atom is -0.389 e. The zero-order valence-corrected chi connectivity index (χ0v) is 12.6. The number of hydrogen-bond acceptors (Lipinski definition) is 5. The van der Waals surface area contributed by atoms with Gasteiger partial charge in [0.2, 0.25) is 0 Å². The number of aliphatic hydroxyl groups is 1. The summed E-state index contributed by atoms with van der Waals surface area (Å²) in [6.45, 7) is 7.88. The van der Waals surface area contributed by atoms with Crippen molar-refractivity contribution in [2.75, 3.05) is 26.4 Å². The fourth-order valence-electron chi connectivity index (χ4n) is 1.68. The third-order valence-corrected chi connectivity index (χ3v) is 2.83. The minimum absolute atomic E-state index is 0.155. The van der Waals surface area contributed by atoms with Crippen molar-refractivity contribution >= 4 is 0 Å². The van der Waals surface area contributed by atoms with Crippen LogP contribution in [-0.4, -0.2) is 48.7 Å². The average Bonchev–Trinajstić information content (AvgIpc) is 2.45. The molecule has 5 nitrogen and oxygen atoms in total. The molecule has 2 atom stereocenters. The van der Waals surface area contributed by atoms with Gasteiger partial charge >= 0.3 is 0 Å². The van der Waals surface area contributed by atoms with Crippen LogP contribution in [0.4, 0.5) is 0 Å². The molecule has 20 heavy (non-hydrogen) atoms. The lowest BCUT2D eigenvalue weighted by Gasteiger charge is -2.17. The van der Waals surface area contributed by atoms with E-state index in [9.17, 15) is 5.11 Å². The van der Waals surface area contributed by atoms with Crippen molar-refractivity contribution in [2.45, 2.75) is 39.0 Å². The van der Waals surface area contributed by atoms with Crippen molar-refractivity contribution in [1.82, 2.24) is 10.3 Å². The normalized spacial score (nSPS) is 14.4. The molecule has 0 aromatic carbocycles. The molecule has 0 aliphatic heterocycles. The summed E-state index contributed by atoms with van der Waals surface area (Å²) < 4.78 is 10.7. The molecule has 5 heteroatoms. The van der Waals surface area contributed by atoms with Gasteiger partial charge in [0.25, 0.3) is 0 Å². The van der Waals surface area contributed by atoms with Gasteiger partial charge in [-0.3, -0.25) is 4.98 Å². The maximum Gasteiger partial charge on any atom is 0.0897 e. The average molecular weight is 282 g/mol. The fourth-order valence-corrected chi connectivity index (χ4v) is 1.68. The standard InChI is InChI=1S/C15H26N2O3/c1-12(2)20-8-7-19-11-15(18)10-17-13(3)14-5-4-6-16-9-14/h4-6,9,12-13,15,17-18H,7-8,10-11H2,1-3H3/t13-,15?/m0/s1. The van der Waals surface area contributed by atoms with E-state index in [1.807, 2.05) is 39.1 Å². The SMILES string of the molecule is CC(C)OCCOCC(O)CN[C@@H](C)c1cccnc1. The zero-order valence-electron chi connectivity index (χ0n) is 12.6. The molecule has 0 saturated carbocycles. The minimum atomic E-state index is -0.520. The van der Waals surface area contributed by atoms with Crippen LogP contribution in [0.1, 0.15) is 32.4 Å². The van der Waals surface area contributed by atoms with Crippen molar-refractivity contribution in [3.8, 4) is 0 Å². The second-order valence-corrected chi connectivity index (χ2v) is 5.06. The molecule has 0 radical (unpaired) electrons. The van der Waals surface area contributed by atoms with Crippen LogP contribution in [0.2, 0.25) is 0 Å². The Morgan fingerprint density at radius 2 is 2.10 bits per heavy atom. The first-order valence-electron chi connectivity index (χ1n) is 7.10. The largest absolute Gasteiger partial charge is 0.389 e. The van der Waals surface area contributed by atoms with E-state index in [1.54, 1.807) is 6.20 Å². The lowest BCUT2D eigenvalue weighted by Crippen LogP contribution is -2.32. The molecular weight excluding hydrogens is 256 g/mol. The molecule has 1 heterocycles. The smallest absolute Gasteiger partial charge is 0.0897 e. The van der Waals surface area contributed by atoms with Crippen molar-refractivity contribution in [1.29, 1.82) is 0 Å². The summed E-state index contributed by atoms with van der Waals surface area (Å²) in [7, 11) is 0. The molecule has 0 aliphatic carbocycles. The summed E-state index contributed by atoms with van der Waals surface area (Å²) in [5.74, 6) is 0. The van der Waals surface area contributed by atoms with Crippen LogP contribution in [-0.2, 0) is 9.47 Å². The van der Waals surface area contributed by atoms with Gasteiger partial charge < -0.3 is 19.9 Å². The number of pyridine rings is 1. The number of nitrogens with one attached hydrogen (secondary N) is 1. The lowest BCUT2D eigenvalue weighted by molar-refractivity contribution is -0.0104. The van der Waals surface area contributed by atoms with Crippen molar-refractivity contribution in [3.05, 3.63) is 30.1 Å². The van der Waals surface area contributed by atoms with Crippen LogP contribution in [0.3, 0.4) is 0 Å². The maximum absolute atomic E-state index is 9.81. The first-order valence-corrected chi connectivity index (χ1v) is 7.10. The highest BCUT2D eigenvalue weighted by Crippen LogP contribution is 2.09. The van der Waals surface area contributed by atoms with Crippen LogP contribution in [0, 0.1) is 0 Å². The van der Waals surface area contributed by atoms with Gasteiger partial charge in [-0.2, -0.15) is 0 Å². The van der Waals surface area contributed by atoms with Crippen LogP contribution in [0.15, 0.2) is 24.5 Å². The van der Waals surface area contributed by atoms with Gasteiger partial charge in [-0.25, -0.2) is 0 Å². The molecule has 0 spiro atoms. The van der Waals surface area contributed by atoms with E-state index in [0.29, 0.717) is 26.4 Å². The summed E-state index contributed by atoms with van der Waals surface area (Å²) in [5, 5.41) is 13.1. The predicted molar refractivity (Wildman–Crippen MR) is 78.6 cm³/mol. The fraction of sp³-hybridized carbons (Fsp3) is 0.667. The third-order valence-electron chi connectivity index (χ3n) is 2.83. The number of aliphatic hydroxyl groups excluding tert-OH is 1. The Hall–Kier alpha value is -1.01. The molecule has 1 unspecified atom stereocenters. The van der Waals surface area contributed by atoms with Crippen molar-refractivity contribution in [3.63, 3.8) is 0 Å². The van der Waals surface area contributed by atoms with E-state index in [1.165, 1.54) is 0 Å². The first-order chi connectivity index (χ1) is 9.59. The molecule has 0 bridgehead atoms. The Morgan fingerprint density at radius 3 is 2.75 bits per heavy atom. The van der Waals surface area contributed by atoms with Gasteiger partial charge in [0.1, 0.15) is 0 Å². The molecule has 114 valence electrons. The number of nitrogens with zero attached hydrogens (tertiary/aromatic N) is 1. The second-order valence-electron chi connectivity index (χ2n) is 5.06. The monoisotopic (exact) mass is 282 g/mol. The van der Waals surface area contributed by atoms with E-state index < -0.39 is 6.10 Å². The molecule has 0 saturated heterocycles. The van der Waals surface area contributed by atoms with Gasteiger partial charge in [0.15, 0.2) is 0 Å². The molecule has 0 amide bonds. The van der Waals surface area contributed by atoms with E-state index in [2.05, 4.69) is 10.3 Å². The van der Waals surface area contributed by atoms with E-state index in [0.717, 1.165) is 5.56 Å². The van der Waals surface area contributed by atoms with Gasteiger partial charge in [-0.1, -0.05) is 6.07 Å². The van der Waals surface area contributed by atoms with Crippen LogP contribution >= 0.6 is 0 Å². The van der Waals surface area contributed by atoms with Crippen molar-refractivity contribution < 1.29 is 14.6 Å². The Labute approximate surface area is 121 Å². The van der Waals surface area contributed by atoms with Gasteiger partial charge in [-0.05, 0) is 32.4 Å². The van der Waals surface area contributed by atoms with Gasteiger partial charge in [-0.15, -0.1) is 0 Å². The summed E-state index contributed by atoms with van der Waals surface area (Å²) >= 11 is 0. The molecule has 1 rings (SSSR count). The van der Waals surface area contributed by atoms with Gasteiger partial charge in [0.05, 0.1) is 32.0 Å². The number of rotatable bonds is 10. The maximum atomic E-state index is 9.81. The number of aromatic nitrogens is 1. The molecular formula is C15H26N2O3. The summed E-state index contributed by atoms with van der Waals surface area (Å²) in [4.78, 5) is 4.08. The third kappa shape index (κ3) is 7.55. The Balaban J connectivity index is 2.09. The quantitative estimate of drug-likeness (QED) is 0.637. The van der Waals surface area contributed by atoms with E-state index in [4.69, 9.17) is 9.47 Å². The van der Waals surface area contributed by atoms with Crippen LogP contribution in [0.5, 0.6) is 0 Å². The van der Waals surface area contributed by atoms with E-state index >= 15 is 0 Å². The Morgan fingerprint density at radius 1 is 1.30 bits per heavy atom. The summed E-state index contributed by atoms with van der Waals surface area (Å²) in [5.41, 5.74) is 1.10. The highest BCUT2D eigenvalue weighted by molar-refractivity contribution is 5.12. The predicted octanol–water partition coefficient (Wildman–Crippen LogP) is 1.53. The lowest BCUT2D eigenvalue weighted by atomic mass is 10.1. The van der Waals surface area contributed by atoms with Crippen LogP contribution < -0.4 is 5.32 Å². The van der Waals surface area contributed by atoms with E-state index in [-0.39, 0.29) is 12.1 Å². The number of ether oxygens (including phenoxy) is 2. The molecule has 0 fully saturated rings. The van der Waals surface area contributed by atoms with Crippen LogP contribution in [0.25, 0.3) is 0 Å². The zero-order chi connectivity index (χ0) is 14.8. The topological polar surface area (TPSA) is 63.6 Å². The van der Waals surface area contributed by atoms with Crippen molar-refractivity contribution in [2.24, 2.45) is 0 Å². The highest BCUT2D eigenvalue weighted by Gasteiger charge is 2.09.